The number of aliphatic carboxylic acids is 1. The highest BCUT2D eigenvalue weighted by Gasteiger charge is 2.51. The van der Waals surface area contributed by atoms with E-state index in [1.54, 1.807) is 6.92 Å². The molecule has 0 saturated heterocycles. The third-order valence-corrected chi connectivity index (χ3v) is 2.37. The molecule has 0 radical (unpaired) electrons. The fraction of sp³-hybridized carbons (Fsp3) is 0.444. The number of hydrogen-bond donors (Lipinski definition) is 2. The fourth-order valence-electron chi connectivity index (χ4n) is 1.27. The lowest BCUT2D eigenvalue weighted by atomic mass is 10.2. The number of hydrogen-bond acceptors (Lipinski definition) is 4. The quantitative estimate of drug-likeness (QED) is 0.749. The van der Waals surface area contributed by atoms with Crippen molar-refractivity contribution in [3.63, 3.8) is 0 Å². The lowest BCUT2D eigenvalue weighted by molar-refractivity contribution is -0.140. The molecule has 0 aromatic carbocycles. The zero-order valence-corrected chi connectivity index (χ0v) is 8.11. The molecule has 2 rings (SSSR count). The van der Waals surface area contributed by atoms with Crippen LogP contribution in [0.1, 0.15) is 29.1 Å². The summed E-state index contributed by atoms with van der Waals surface area (Å²) in [5.74, 6) is -0.997. The van der Waals surface area contributed by atoms with Crippen molar-refractivity contribution in [1.29, 1.82) is 0 Å². The normalized spacial score (nSPS) is 17.1. The van der Waals surface area contributed by atoms with Gasteiger partial charge in [-0.25, -0.2) is 4.79 Å². The van der Waals surface area contributed by atoms with E-state index in [0.717, 1.165) is 0 Å². The standard InChI is InChI=1S/C9H10N2O4/c1-5-4-6(11-15-5)7(12)10-9(2-3-9)8(13)14/h4H,2-3H2,1H3,(H,10,12)(H,13,14). The average Bonchev–Trinajstić information content (AvgIpc) is 2.82. The van der Waals surface area contributed by atoms with Gasteiger partial charge in [0.2, 0.25) is 0 Å². The van der Waals surface area contributed by atoms with Gasteiger partial charge in [-0.2, -0.15) is 0 Å². The monoisotopic (exact) mass is 210 g/mol. The van der Waals surface area contributed by atoms with Crippen LogP contribution in [0.3, 0.4) is 0 Å². The van der Waals surface area contributed by atoms with Gasteiger partial charge in [0.15, 0.2) is 5.69 Å². The van der Waals surface area contributed by atoms with E-state index in [9.17, 15) is 9.59 Å². The van der Waals surface area contributed by atoms with E-state index in [4.69, 9.17) is 9.63 Å². The lowest BCUT2D eigenvalue weighted by Gasteiger charge is -2.10. The number of nitrogens with zero attached hydrogens (tertiary/aromatic N) is 1. The Morgan fingerprint density at radius 1 is 1.60 bits per heavy atom. The third-order valence-electron chi connectivity index (χ3n) is 2.37. The second-order valence-corrected chi connectivity index (χ2v) is 3.66. The van der Waals surface area contributed by atoms with Gasteiger partial charge in [-0.3, -0.25) is 4.79 Å². The minimum Gasteiger partial charge on any atom is -0.480 e. The molecule has 1 aromatic rings. The van der Waals surface area contributed by atoms with Crippen LogP contribution in [-0.2, 0) is 4.79 Å². The molecule has 6 nitrogen and oxygen atoms in total. The summed E-state index contributed by atoms with van der Waals surface area (Å²) in [5.41, 5.74) is -0.968. The van der Waals surface area contributed by atoms with Gasteiger partial charge >= 0.3 is 5.97 Å². The number of carboxylic acid groups (broad SMARTS) is 1. The average molecular weight is 210 g/mol. The smallest absolute Gasteiger partial charge is 0.329 e. The van der Waals surface area contributed by atoms with Gasteiger partial charge in [0.1, 0.15) is 11.3 Å². The van der Waals surface area contributed by atoms with Gasteiger partial charge < -0.3 is 14.9 Å². The molecule has 1 aliphatic rings. The van der Waals surface area contributed by atoms with E-state index >= 15 is 0 Å². The van der Waals surface area contributed by atoms with Crippen LogP contribution < -0.4 is 5.32 Å². The number of amides is 1. The van der Waals surface area contributed by atoms with Gasteiger partial charge in [-0.1, -0.05) is 5.16 Å². The highest BCUT2D eigenvalue weighted by Crippen LogP contribution is 2.35. The highest BCUT2D eigenvalue weighted by atomic mass is 16.5. The first-order valence-corrected chi connectivity index (χ1v) is 4.53. The van der Waals surface area contributed by atoms with E-state index in [1.807, 2.05) is 0 Å². The van der Waals surface area contributed by atoms with Crippen molar-refractivity contribution in [2.24, 2.45) is 0 Å². The molecular weight excluding hydrogens is 200 g/mol. The Kier molecular flexibility index (Phi) is 1.99. The Labute approximate surface area is 85.2 Å². The maximum Gasteiger partial charge on any atom is 0.329 e. The molecule has 1 heterocycles. The van der Waals surface area contributed by atoms with Gasteiger partial charge in [-0.05, 0) is 19.8 Å². The maximum atomic E-state index is 11.5. The summed E-state index contributed by atoms with van der Waals surface area (Å²) in [6.07, 6.45) is 0.926. The summed E-state index contributed by atoms with van der Waals surface area (Å²) < 4.78 is 4.72. The molecule has 2 N–H and O–H groups in total. The zero-order valence-electron chi connectivity index (χ0n) is 8.11. The lowest BCUT2D eigenvalue weighted by Crippen LogP contribution is -2.43. The number of carboxylic acids is 1. The molecule has 80 valence electrons. The van der Waals surface area contributed by atoms with Gasteiger partial charge in [0.25, 0.3) is 5.91 Å². The summed E-state index contributed by atoms with van der Waals surface area (Å²) in [4.78, 5) is 22.3. The van der Waals surface area contributed by atoms with Crippen molar-refractivity contribution in [2.45, 2.75) is 25.3 Å². The van der Waals surface area contributed by atoms with Crippen LogP contribution in [0.5, 0.6) is 0 Å². The second kappa shape index (κ2) is 3.08. The summed E-state index contributed by atoms with van der Waals surface area (Å²) in [7, 11) is 0. The Balaban J connectivity index is 2.08. The number of aryl methyl sites for hydroxylation is 1. The molecular formula is C9H10N2O4. The number of rotatable bonds is 3. The maximum absolute atomic E-state index is 11.5. The van der Waals surface area contributed by atoms with E-state index in [2.05, 4.69) is 10.5 Å². The summed E-state index contributed by atoms with van der Waals surface area (Å²) >= 11 is 0. The Bertz CT molecular complexity index is 420. The van der Waals surface area contributed by atoms with E-state index in [1.165, 1.54) is 6.07 Å². The van der Waals surface area contributed by atoms with Gasteiger partial charge in [0, 0.05) is 6.07 Å². The zero-order chi connectivity index (χ0) is 11.1. The van der Waals surface area contributed by atoms with Crippen molar-refractivity contribution < 1.29 is 19.2 Å². The molecule has 1 amide bonds. The summed E-state index contributed by atoms with van der Waals surface area (Å²) in [6.45, 7) is 1.66. The number of aromatic nitrogens is 1. The van der Waals surface area contributed by atoms with E-state index < -0.39 is 17.4 Å². The summed E-state index contributed by atoms with van der Waals surface area (Å²) in [6, 6.07) is 1.47. The molecule has 0 unspecified atom stereocenters. The van der Waals surface area contributed by atoms with Crippen molar-refractivity contribution >= 4 is 11.9 Å². The third kappa shape index (κ3) is 1.70. The SMILES string of the molecule is Cc1cc(C(=O)NC2(C(=O)O)CC2)no1. The van der Waals surface area contributed by atoms with Gasteiger partial charge in [0.05, 0.1) is 0 Å². The molecule has 0 atom stereocenters. The van der Waals surface area contributed by atoms with Crippen molar-refractivity contribution in [3.05, 3.63) is 17.5 Å². The molecule has 1 fully saturated rings. The molecule has 0 aliphatic heterocycles. The number of carbonyl (C=O) groups is 2. The van der Waals surface area contributed by atoms with Crippen molar-refractivity contribution in [2.75, 3.05) is 0 Å². The van der Waals surface area contributed by atoms with Crippen LogP contribution in [-0.4, -0.2) is 27.7 Å². The van der Waals surface area contributed by atoms with E-state index in [-0.39, 0.29) is 5.69 Å². The van der Waals surface area contributed by atoms with Crippen LogP contribution in [0, 0.1) is 6.92 Å². The van der Waals surface area contributed by atoms with Gasteiger partial charge in [-0.15, -0.1) is 0 Å². The topological polar surface area (TPSA) is 92.4 Å². The summed E-state index contributed by atoms with van der Waals surface area (Å²) in [5, 5.41) is 14.8. The first-order valence-electron chi connectivity index (χ1n) is 4.53. The Morgan fingerprint density at radius 2 is 2.27 bits per heavy atom. The van der Waals surface area contributed by atoms with Crippen LogP contribution in [0.4, 0.5) is 0 Å². The predicted molar refractivity (Wildman–Crippen MR) is 48.3 cm³/mol. The van der Waals surface area contributed by atoms with Crippen LogP contribution in [0.2, 0.25) is 0 Å². The minimum absolute atomic E-state index is 0.111. The molecule has 1 aromatic heterocycles. The van der Waals surface area contributed by atoms with Crippen LogP contribution in [0.25, 0.3) is 0 Å². The minimum atomic E-state index is -1.08. The number of nitrogens with one attached hydrogen (secondary N) is 1. The van der Waals surface area contributed by atoms with Crippen molar-refractivity contribution in [3.8, 4) is 0 Å². The second-order valence-electron chi connectivity index (χ2n) is 3.66. The van der Waals surface area contributed by atoms with Crippen molar-refractivity contribution in [1.82, 2.24) is 10.5 Å². The van der Waals surface area contributed by atoms with Crippen LogP contribution in [0.15, 0.2) is 10.6 Å². The fourth-order valence-corrected chi connectivity index (χ4v) is 1.27. The molecule has 1 aliphatic carbocycles. The molecule has 15 heavy (non-hydrogen) atoms. The largest absolute Gasteiger partial charge is 0.480 e. The molecule has 6 heteroatoms. The van der Waals surface area contributed by atoms with Crippen LogP contribution >= 0.6 is 0 Å². The van der Waals surface area contributed by atoms with E-state index in [0.29, 0.717) is 18.6 Å². The molecule has 0 bridgehead atoms. The first kappa shape index (κ1) is 9.70. The Morgan fingerprint density at radius 3 is 2.67 bits per heavy atom. The predicted octanol–water partition coefficient (Wildman–Crippen LogP) is 0.330. The highest BCUT2D eigenvalue weighted by molar-refractivity contribution is 5.97. The molecule has 1 saturated carbocycles. The Hall–Kier alpha value is -1.85. The first-order chi connectivity index (χ1) is 7.03. The molecule has 0 spiro atoms. The number of carbonyl (C=O) groups excluding carboxylic acids is 1.